The molecule has 1 amide bonds. The van der Waals surface area contributed by atoms with E-state index in [1.165, 1.54) is 25.0 Å². The van der Waals surface area contributed by atoms with Crippen LogP contribution in [0.2, 0.25) is 0 Å². The molecule has 148 valence electrons. The second kappa shape index (κ2) is 8.22. The van der Waals surface area contributed by atoms with Gasteiger partial charge >= 0.3 is 0 Å². The number of aromatic nitrogens is 2. The monoisotopic (exact) mass is 383 g/mol. The number of nitrogens with zero attached hydrogens (tertiary/aromatic N) is 4. The third-order valence-electron chi connectivity index (χ3n) is 5.71. The first-order valence-electron chi connectivity index (χ1n) is 9.98. The molecule has 1 aromatic carbocycles. The highest BCUT2D eigenvalue weighted by Crippen LogP contribution is 2.33. The van der Waals surface area contributed by atoms with Gasteiger partial charge in [0.15, 0.2) is 0 Å². The van der Waals surface area contributed by atoms with Gasteiger partial charge in [0.05, 0.1) is 12.2 Å². The van der Waals surface area contributed by atoms with Crippen LogP contribution in [0, 0.1) is 5.82 Å². The van der Waals surface area contributed by atoms with Crippen molar-refractivity contribution in [1.29, 1.82) is 0 Å². The number of anilines is 1. The van der Waals surface area contributed by atoms with Crippen LogP contribution < -0.4 is 5.73 Å². The van der Waals surface area contributed by atoms with Crippen molar-refractivity contribution >= 4 is 11.9 Å². The summed E-state index contributed by atoms with van der Waals surface area (Å²) >= 11 is 0. The SMILES string of the molecule is Nc1ncc(-c2ccc(F)cc2)c([C@@H]2CCCN(C(=O)CN3CCCC3)C2)n1. The van der Waals surface area contributed by atoms with Gasteiger partial charge in [-0.3, -0.25) is 9.69 Å². The van der Waals surface area contributed by atoms with Crippen LogP contribution in [0.4, 0.5) is 10.3 Å². The number of likely N-dealkylation sites (tertiary alicyclic amines) is 2. The predicted octanol–water partition coefficient (Wildman–Crippen LogP) is 2.67. The van der Waals surface area contributed by atoms with Gasteiger partial charge in [-0.2, -0.15) is 0 Å². The first kappa shape index (κ1) is 18.8. The summed E-state index contributed by atoms with van der Waals surface area (Å²) in [6, 6.07) is 6.32. The van der Waals surface area contributed by atoms with Gasteiger partial charge < -0.3 is 10.6 Å². The van der Waals surface area contributed by atoms with Crippen LogP contribution in [0.5, 0.6) is 0 Å². The Morgan fingerprint density at radius 3 is 2.64 bits per heavy atom. The molecule has 0 saturated carbocycles. The number of carbonyl (C=O) groups is 1. The fourth-order valence-corrected chi connectivity index (χ4v) is 4.23. The van der Waals surface area contributed by atoms with E-state index >= 15 is 0 Å². The quantitative estimate of drug-likeness (QED) is 0.879. The summed E-state index contributed by atoms with van der Waals surface area (Å²) in [6.07, 6.45) is 5.94. The molecule has 2 fully saturated rings. The van der Waals surface area contributed by atoms with Gasteiger partial charge in [-0.25, -0.2) is 14.4 Å². The average molecular weight is 383 g/mol. The van der Waals surface area contributed by atoms with Crippen LogP contribution in [0.3, 0.4) is 0 Å². The van der Waals surface area contributed by atoms with E-state index in [4.69, 9.17) is 5.73 Å². The molecule has 6 nitrogen and oxygen atoms in total. The Morgan fingerprint density at radius 1 is 1.14 bits per heavy atom. The fraction of sp³-hybridized carbons (Fsp3) is 0.476. The zero-order valence-electron chi connectivity index (χ0n) is 16.0. The third kappa shape index (κ3) is 4.14. The van der Waals surface area contributed by atoms with Crippen LogP contribution >= 0.6 is 0 Å². The molecule has 2 aromatic rings. The van der Waals surface area contributed by atoms with Gasteiger partial charge in [-0.05, 0) is 56.5 Å². The fourth-order valence-electron chi connectivity index (χ4n) is 4.23. The van der Waals surface area contributed by atoms with Gasteiger partial charge in [-0.15, -0.1) is 0 Å². The molecule has 4 rings (SSSR count). The molecule has 1 aromatic heterocycles. The number of benzene rings is 1. The van der Waals surface area contributed by atoms with Gasteiger partial charge in [0.1, 0.15) is 5.82 Å². The molecule has 0 radical (unpaired) electrons. The standard InChI is InChI=1S/C21H26FN5O/c22-17-7-5-15(6-8-17)18-12-24-21(23)25-20(18)16-4-3-11-27(13-16)19(28)14-26-9-1-2-10-26/h5-8,12,16H,1-4,9-11,13-14H2,(H2,23,24,25)/t16-/m1/s1. The Hall–Kier alpha value is -2.54. The second-order valence-electron chi connectivity index (χ2n) is 7.70. The molecule has 1 atom stereocenters. The van der Waals surface area contributed by atoms with Crippen LogP contribution in [0.1, 0.15) is 37.3 Å². The lowest BCUT2D eigenvalue weighted by atomic mass is 9.90. The molecule has 2 saturated heterocycles. The zero-order chi connectivity index (χ0) is 19.5. The largest absolute Gasteiger partial charge is 0.368 e. The number of nitrogens with two attached hydrogens (primary N) is 1. The molecule has 7 heteroatoms. The topological polar surface area (TPSA) is 75.3 Å². The van der Waals surface area contributed by atoms with Gasteiger partial charge in [-0.1, -0.05) is 12.1 Å². The maximum absolute atomic E-state index is 13.3. The molecule has 0 spiro atoms. The number of carbonyl (C=O) groups excluding carboxylic acids is 1. The first-order valence-corrected chi connectivity index (χ1v) is 9.98. The summed E-state index contributed by atoms with van der Waals surface area (Å²) in [5.41, 5.74) is 8.43. The summed E-state index contributed by atoms with van der Waals surface area (Å²) in [4.78, 5) is 25.6. The number of amides is 1. The van der Waals surface area contributed by atoms with Crippen molar-refractivity contribution in [2.24, 2.45) is 0 Å². The lowest BCUT2D eigenvalue weighted by Crippen LogP contribution is -2.44. The van der Waals surface area contributed by atoms with Crippen LogP contribution in [0.15, 0.2) is 30.5 Å². The Bertz CT molecular complexity index is 835. The number of hydrogen-bond donors (Lipinski definition) is 1. The van der Waals surface area contributed by atoms with E-state index in [1.807, 2.05) is 4.90 Å². The van der Waals surface area contributed by atoms with Crippen LogP contribution in [0.25, 0.3) is 11.1 Å². The third-order valence-corrected chi connectivity index (χ3v) is 5.71. The van der Waals surface area contributed by atoms with Crippen LogP contribution in [-0.2, 0) is 4.79 Å². The first-order chi connectivity index (χ1) is 13.6. The summed E-state index contributed by atoms with van der Waals surface area (Å²) in [6.45, 7) is 3.96. The lowest BCUT2D eigenvalue weighted by molar-refractivity contribution is -0.133. The predicted molar refractivity (Wildman–Crippen MR) is 106 cm³/mol. The van der Waals surface area contributed by atoms with Crippen molar-refractivity contribution in [2.45, 2.75) is 31.6 Å². The number of nitrogen functional groups attached to an aromatic ring is 1. The number of hydrogen-bond acceptors (Lipinski definition) is 5. The second-order valence-corrected chi connectivity index (χ2v) is 7.70. The van der Waals surface area contributed by atoms with E-state index in [9.17, 15) is 9.18 Å². The van der Waals surface area contributed by atoms with E-state index in [1.54, 1.807) is 18.3 Å². The molecule has 2 aliphatic heterocycles. The van der Waals surface area contributed by atoms with Crippen molar-refractivity contribution in [3.05, 3.63) is 42.0 Å². The Morgan fingerprint density at radius 2 is 1.89 bits per heavy atom. The van der Waals surface area contributed by atoms with E-state index in [-0.39, 0.29) is 23.6 Å². The molecular weight excluding hydrogens is 357 g/mol. The highest BCUT2D eigenvalue weighted by atomic mass is 19.1. The summed E-state index contributed by atoms with van der Waals surface area (Å²) in [7, 11) is 0. The molecular formula is C21H26FN5O. The Labute approximate surface area is 164 Å². The minimum atomic E-state index is -0.280. The van der Waals surface area contributed by atoms with Crippen molar-refractivity contribution in [3.8, 4) is 11.1 Å². The smallest absolute Gasteiger partial charge is 0.236 e. The van der Waals surface area contributed by atoms with Crippen molar-refractivity contribution in [2.75, 3.05) is 38.5 Å². The Balaban J connectivity index is 1.55. The minimum absolute atomic E-state index is 0.0987. The van der Waals surface area contributed by atoms with Gasteiger partial charge in [0.25, 0.3) is 0 Å². The van der Waals surface area contributed by atoms with Crippen molar-refractivity contribution < 1.29 is 9.18 Å². The summed E-state index contributed by atoms with van der Waals surface area (Å²) < 4.78 is 13.3. The minimum Gasteiger partial charge on any atom is -0.368 e. The van der Waals surface area contributed by atoms with E-state index < -0.39 is 0 Å². The lowest BCUT2D eigenvalue weighted by Gasteiger charge is -2.34. The molecule has 3 heterocycles. The highest BCUT2D eigenvalue weighted by Gasteiger charge is 2.29. The zero-order valence-corrected chi connectivity index (χ0v) is 16.0. The van der Waals surface area contributed by atoms with Gasteiger partial charge in [0.2, 0.25) is 11.9 Å². The number of piperidine rings is 1. The van der Waals surface area contributed by atoms with E-state index in [0.717, 1.165) is 49.3 Å². The van der Waals surface area contributed by atoms with E-state index in [2.05, 4.69) is 14.9 Å². The van der Waals surface area contributed by atoms with E-state index in [0.29, 0.717) is 13.1 Å². The molecule has 2 N–H and O–H groups in total. The maximum Gasteiger partial charge on any atom is 0.236 e. The van der Waals surface area contributed by atoms with Crippen molar-refractivity contribution in [1.82, 2.24) is 19.8 Å². The summed E-state index contributed by atoms with van der Waals surface area (Å²) in [5, 5.41) is 0. The number of halogens is 1. The number of rotatable bonds is 4. The molecule has 0 bridgehead atoms. The van der Waals surface area contributed by atoms with Crippen LogP contribution in [-0.4, -0.2) is 58.4 Å². The van der Waals surface area contributed by atoms with Crippen molar-refractivity contribution in [3.63, 3.8) is 0 Å². The summed E-state index contributed by atoms with van der Waals surface area (Å²) in [5.74, 6) is 0.234. The molecule has 2 aliphatic rings. The van der Waals surface area contributed by atoms with Gasteiger partial charge in [0, 0.05) is 30.8 Å². The maximum atomic E-state index is 13.3. The normalized spacial score (nSPS) is 20.5. The molecule has 0 aliphatic carbocycles. The average Bonchev–Trinajstić information content (AvgIpc) is 3.22. The highest BCUT2D eigenvalue weighted by molar-refractivity contribution is 5.78. The molecule has 28 heavy (non-hydrogen) atoms. The Kier molecular flexibility index (Phi) is 5.52. The molecule has 0 unspecified atom stereocenters.